The Kier molecular flexibility index (Phi) is 2.88. The Morgan fingerprint density at radius 1 is 1.50 bits per heavy atom. The van der Waals surface area contributed by atoms with Crippen molar-refractivity contribution < 1.29 is 0 Å². The van der Waals surface area contributed by atoms with Gasteiger partial charge in [-0.15, -0.1) is 11.3 Å². The number of rotatable bonds is 1. The van der Waals surface area contributed by atoms with Crippen molar-refractivity contribution in [2.24, 2.45) is 11.7 Å². The highest BCUT2D eigenvalue weighted by atomic mass is 32.1. The van der Waals surface area contributed by atoms with Gasteiger partial charge in [0.2, 0.25) is 0 Å². The molecule has 78 valence electrons. The van der Waals surface area contributed by atoms with E-state index in [4.69, 9.17) is 5.73 Å². The molecular formula is C11H18N2S. The normalized spacial score (nSPS) is 33.2. The third-order valence-corrected chi connectivity index (χ3v) is 4.29. The van der Waals surface area contributed by atoms with E-state index in [1.807, 2.05) is 17.5 Å². The fourth-order valence-electron chi connectivity index (χ4n) is 2.30. The molecular weight excluding hydrogens is 192 g/mol. The molecule has 3 atom stereocenters. The van der Waals surface area contributed by atoms with Gasteiger partial charge in [-0.1, -0.05) is 6.92 Å². The molecule has 0 aromatic carbocycles. The molecule has 1 saturated carbocycles. The van der Waals surface area contributed by atoms with Crippen molar-refractivity contribution in [3.05, 3.63) is 16.1 Å². The lowest BCUT2D eigenvalue weighted by atomic mass is 9.78. The van der Waals surface area contributed by atoms with Gasteiger partial charge in [-0.2, -0.15) is 0 Å². The van der Waals surface area contributed by atoms with E-state index in [0.717, 1.165) is 12.3 Å². The molecule has 14 heavy (non-hydrogen) atoms. The third kappa shape index (κ3) is 1.98. The van der Waals surface area contributed by atoms with Gasteiger partial charge in [-0.3, -0.25) is 0 Å². The summed E-state index contributed by atoms with van der Waals surface area (Å²) in [7, 11) is 0. The summed E-state index contributed by atoms with van der Waals surface area (Å²) in [6.07, 6.45) is 5.64. The molecule has 1 fully saturated rings. The van der Waals surface area contributed by atoms with Crippen molar-refractivity contribution >= 4 is 11.3 Å². The number of nitrogens with zero attached hydrogens (tertiary/aromatic N) is 1. The second kappa shape index (κ2) is 3.99. The molecule has 3 unspecified atom stereocenters. The van der Waals surface area contributed by atoms with E-state index in [-0.39, 0.29) is 0 Å². The summed E-state index contributed by atoms with van der Waals surface area (Å²) in [5.41, 5.74) is 6.02. The zero-order valence-corrected chi connectivity index (χ0v) is 9.68. The minimum absolute atomic E-state index is 0.401. The Balaban J connectivity index is 2.15. The van der Waals surface area contributed by atoms with Crippen LogP contribution in [0, 0.1) is 12.8 Å². The Hall–Kier alpha value is -0.410. The third-order valence-electron chi connectivity index (χ3n) is 3.24. The highest BCUT2D eigenvalue weighted by Gasteiger charge is 2.28. The molecule has 2 rings (SSSR count). The topological polar surface area (TPSA) is 38.9 Å². The molecule has 0 amide bonds. The van der Waals surface area contributed by atoms with Gasteiger partial charge in [-0.25, -0.2) is 4.98 Å². The zero-order chi connectivity index (χ0) is 10.1. The van der Waals surface area contributed by atoms with E-state index in [9.17, 15) is 0 Å². The average Bonchev–Trinajstić information content (AvgIpc) is 2.56. The monoisotopic (exact) mass is 210 g/mol. The van der Waals surface area contributed by atoms with Crippen LogP contribution in [0.3, 0.4) is 0 Å². The van der Waals surface area contributed by atoms with Crippen molar-refractivity contribution in [2.45, 2.75) is 45.1 Å². The Labute approximate surface area is 89.5 Å². The van der Waals surface area contributed by atoms with Crippen LogP contribution in [-0.2, 0) is 0 Å². The van der Waals surface area contributed by atoms with E-state index < -0.39 is 0 Å². The van der Waals surface area contributed by atoms with Gasteiger partial charge >= 0.3 is 0 Å². The van der Waals surface area contributed by atoms with Crippen LogP contribution in [0.4, 0.5) is 0 Å². The molecule has 1 aromatic heterocycles. The van der Waals surface area contributed by atoms with Gasteiger partial charge in [-0.05, 0) is 38.0 Å². The zero-order valence-electron chi connectivity index (χ0n) is 8.86. The van der Waals surface area contributed by atoms with Gasteiger partial charge < -0.3 is 5.73 Å². The fraction of sp³-hybridized carbons (Fsp3) is 0.727. The van der Waals surface area contributed by atoms with Crippen molar-refractivity contribution in [3.63, 3.8) is 0 Å². The predicted octanol–water partition coefficient (Wildman–Crippen LogP) is 2.68. The fourth-order valence-corrected chi connectivity index (χ4v) is 3.33. The standard InChI is InChI=1S/C11H18N2S/c1-7-3-4-9(12)5-10(7)11-6-13-8(2)14-11/h6-7,9-10H,3-5,12H2,1-2H3. The highest BCUT2D eigenvalue weighted by Crippen LogP contribution is 2.39. The maximum absolute atomic E-state index is 6.02. The van der Waals surface area contributed by atoms with E-state index in [0.29, 0.717) is 12.0 Å². The number of hydrogen-bond donors (Lipinski definition) is 1. The molecule has 1 aliphatic rings. The number of hydrogen-bond acceptors (Lipinski definition) is 3. The van der Waals surface area contributed by atoms with E-state index in [2.05, 4.69) is 18.8 Å². The Bertz CT molecular complexity index is 308. The van der Waals surface area contributed by atoms with Crippen LogP contribution in [0.1, 0.15) is 42.0 Å². The number of nitrogens with two attached hydrogens (primary N) is 1. The minimum atomic E-state index is 0.401. The number of thiazole rings is 1. The summed E-state index contributed by atoms with van der Waals surface area (Å²) in [4.78, 5) is 5.76. The first-order valence-corrected chi connectivity index (χ1v) is 6.16. The second-order valence-electron chi connectivity index (χ2n) is 4.44. The summed E-state index contributed by atoms with van der Waals surface area (Å²) in [6, 6.07) is 0.401. The number of aromatic nitrogens is 1. The molecule has 2 nitrogen and oxygen atoms in total. The molecule has 0 bridgehead atoms. The highest BCUT2D eigenvalue weighted by molar-refractivity contribution is 7.11. The lowest BCUT2D eigenvalue weighted by Crippen LogP contribution is -2.30. The lowest BCUT2D eigenvalue weighted by molar-refractivity contribution is 0.303. The first-order chi connectivity index (χ1) is 6.66. The first-order valence-electron chi connectivity index (χ1n) is 5.34. The molecule has 1 heterocycles. The van der Waals surface area contributed by atoms with Crippen molar-refractivity contribution in [2.75, 3.05) is 0 Å². The molecule has 0 radical (unpaired) electrons. The van der Waals surface area contributed by atoms with Crippen molar-refractivity contribution in [1.82, 2.24) is 4.98 Å². The van der Waals surface area contributed by atoms with E-state index in [1.165, 1.54) is 22.7 Å². The maximum atomic E-state index is 6.02. The summed E-state index contributed by atoms with van der Waals surface area (Å²) >= 11 is 1.83. The van der Waals surface area contributed by atoms with Gasteiger partial charge in [0, 0.05) is 17.1 Å². The summed E-state index contributed by atoms with van der Waals surface area (Å²) < 4.78 is 0. The van der Waals surface area contributed by atoms with E-state index >= 15 is 0 Å². The molecule has 0 aliphatic heterocycles. The summed E-state index contributed by atoms with van der Waals surface area (Å²) in [6.45, 7) is 4.41. The van der Waals surface area contributed by atoms with Crippen LogP contribution in [0.2, 0.25) is 0 Å². The Morgan fingerprint density at radius 3 is 2.93 bits per heavy atom. The SMILES string of the molecule is Cc1ncc(C2CC(N)CCC2C)s1. The molecule has 2 N–H and O–H groups in total. The molecule has 1 aromatic rings. The van der Waals surface area contributed by atoms with Crippen LogP contribution in [-0.4, -0.2) is 11.0 Å². The predicted molar refractivity (Wildman–Crippen MR) is 60.6 cm³/mol. The van der Waals surface area contributed by atoms with Gasteiger partial charge in [0.1, 0.15) is 0 Å². The van der Waals surface area contributed by atoms with Crippen LogP contribution in [0.15, 0.2) is 6.20 Å². The van der Waals surface area contributed by atoms with Gasteiger partial charge in [0.25, 0.3) is 0 Å². The molecule has 0 spiro atoms. The van der Waals surface area contributed by atoms with Crippen LogP contribution < -0.4 is 5.73 Å². The molecule has 1 aliphatic carbocycles. The second-order valence-corrected chi connectivity index (χ2v) is 5.70. The lowest BCUT2D eigenvalue weighted by Gasteiger charge is -2.31. The largest absolute Gasteiger partial charge is 0.328 e. The first kappa shape index (κ1) is 10.1. The molecule has 3 heteroatoms. The Morgan fingerprint density at radius 2 is 2.29 bits per heavy atom. The van der Waals surface area contributed by atoms with Crippen LogP contribution in [0.25, 0.3) is 0 Å². The average molecular weight is 210 g/mol. The minimum Gasteiger partial charge on any atom is -0.328 e. The van der Waals surface area contributed by atoms with Crippen molar-refractivity contribution in [3.8, 4) is 0 Å². The summed E-state index contributed by atoms with van der Waals surface area (Å²) in [5, 5.41) is 1.17. The van der Waals surface area contributed by atoms with E-state index in [1.54, 1.807) is 0 Å². The smallest absolute Gasteiger partial charge is 0.0896 e. The van der Waals surface area contributed by atoms with Gasteiger partial charge in [0.05, 0.1) is 5.01 Å². The van der Waals surface area contributed by atoms with Crippen LogP contribution in [0.5, 0.6) is 0 Å². The number of aryl methyl sites for hydroxylation is 1. The van der Waals surface area contributed by atoms with Crippen molar-refractivity contribution in [1.29, 1.82) is 0 Å². The van der Waals surface area contributed by atoms with Crippen LogP contribution >= 0.6 is 11.3 Å². The molecule has 0 saturated heterocycles. The van der Waals surface area contributed by atoms with Gasteiger partial charge in [0.15, 0.2) is 0 Å². The maximum Gasteiger partial charge on any atom is 0.0896 e. The quantitative estimate of drug-likeness (QED) is 0.774. The summed E-state index contributed by atoms with van der Waals surface area (Å²) in [5.74, 6) is 1.43.